The maximum absolute atomic E-state index is 12.1. The number of hydrogen-bond acceptors (Lipinski definition) is 3. The van der Waals surface area contributed by atoms with Gasteiger partial charge in [0.25, 0.3) is 0 Å². The summed E-state index contributed by atoms with van der Waals surface area (Å²) in [4.78, 5) is 15.0. The van der Waals surface area contributed by atoms with E-state index in [4.69, 9.17) is 0 Å². The molecule has 3 nitrogen and oxygen atoms in total. The van der Waals surface area contributed by atoms with Gasteiger partial charge in [0.15, 0.2) is 0 Å². The van der Waals surface area contributed by atoms with E-state index in [1.165, 1.54) is 0 Å². The SMILES string of the molecule is CC1(C)C(O)CCN1C(=O)Cc1cccs1. The van der Waals surface area contributed by atoms with Crippen LogP contribution in [0.25, 0.3) is 0 Å². The molecule has 88 valence electrons. The Balaban J connectivity index is 2.06. The molecule has 1 atom stereocenters. The lowest BCUT2D eigenvalue weighted by Crippen LogP contribution is -2.48. The van der Waals surface area contributed by atoms with Gasteiger partial charge in [-0.2, -0.15) is 0 Å². The molecule has 1 amide bonds. The van der Waals surface area contributed by atoms with Gasteiger partial charge in [-0.25, -0.2) is 0 Å². The largest absolute Gasteiger partial charge is 0.391 e. The van der Waals surface area contributed by atoms with Crippen LogP contribution < -0.4 is 0 Å². The molecule has 1 fully saturated rings. The Bertz CT molecular complexity index is 372. The number of amides is 1. The van der Waals surface area contributed by atoms with E-state index in [1.807, 2.05) is 31.4 Å². The second-order valence-corrected chi connectivity index (χ2v) is 5.79. The molecule has 1 aliphatic rings. The van der Waals surface area contributed by atoms with Crippen LogP contribution in [0.4, 0.5) is 0 Å². The first kappa shape index (κ1) is 11.6. The quantitative estimate of drug-likeness (QED) is 0.852. The van der Waals surface area contributed by atoms with Gasteiger partial charge in [-0.1, -0.05) is 6.07 Å². The van der Waals surface area contributed by atoms with Crippen molar-refractivity contribution in [2.45, 2.75) is 38.3 Å². The number of likely N-dealkylation sites (tertiary alicyclic amines) is 1. The van der Waals surface area contributed by atoms with E-state index in [-0.39, 0.29) is 5.91 Å². The molecule has 1 saturated heterocycles. The third-order valence-corrected chi connectivity index (χ3v) is 4.22. The number of carbonyl (C=O) groups is 1. The molecule has 0 aliphatic carbocycles. The standard InChI is InChI=1S/C12H17NO2S/c1-12(2)10(14)5-6-13(12)11(15)8-9-4-3-7-16-9/h3-4,7,10,14H,5-6,8H2,1-2H3. The van der Waals surface area contributed by atoms with Crippen LogP contribution in [-0.4, -0.2) is 34.1 Å². The summed E-state index contributed by atoms with van der Waals surface area (Å²) in [6, 6.07) is 3.93. The van der Waals surface area contributed by atoms with Crippen molar-refractivity contribution in [3.05, 3.63) is 22.4 Å². The van der Waals surface area contributed by atoms with E-state index < -0.39 is 11.6 Å². The predicted molar refractivity (Wildman–Crippen MR) is 64.4 cm³/mol. The highest BCUT2D eigenvalue weighted by molar-refractivity contribution is 7.10. The molecule has 0 bridgehead atoms. The summed E-state index contributed by atoms with van der Waals surface area (Å²) in [7, 11) is 0. The maximum atomic E-state index is 12.1. The molecule has 0 aromatic carbocycles. The molecule has 1 unspecified atom stereocenters. The first-order valence-corrected chi connectivity index (χ1v) is 6.40. The van der Waals surface area contributed by atoms with Crippen molar-refractivity contribution in [3.63, 3.8) is 0 Å². The molecule has 16 heavy (non-hydrogen) atoms. The van der Waals surface area contributed by atoms with E-state index in [1.54, 1.807) is 16.2 Å². The average Bonchev–Trinajstić information content (AvgIpc) is 2.77. The number of aliphatic hydroxyl groups is 1. The second kappa shape index (κ2) is 4.18. The van der Waals surface area contributed by atoms with Crippen LogP contribution >= 0.6 is 11.3 Å². The Morgan fingerprint density at radius 2 is 2.44 bits per heavy atom. The normalized spacial score (nSPS) is 23.7. The topological polar surface area (TPSA) is 40.5 Å². The van der Waals surface area contributed by atoms with Crippen molar-refractivity contribution in [3.8, 4) is 0 Å². The molecule has 1 aliphatic heterocycles. The van der Waals surface area contributed by atoms with Crippen molar-refractivity contribution in [1.29, 1.82) is 0 Å². The van der Waals surface area contributed by atoms with Crippen LogP contribution in [0.1, 0.15) is 25.1 Å². The van der Waals surface area contributed by atoms with Crippen LogP contribution in [0, 0.1) is 0 Å². The van der Waals surface area contributed by atoms with E-state index in [9.17, 15) is 9.90 Å². The Hall–Kier alpha value is -0.870. The highest BCUT2D eigenvalue weighted by Gasteiger charge is 2.42. The zero-order valence-corrected chi connectivity index (χ0v) is 10.5. The molecule has 4 heteroatoms. The van der Waals surface area contributed by atoms with Gasteiger partial charge in [-0.05, 0) is 31.7 Å². The molecular formula is C12H17NO2S. The maximum Gasteiger partial charge on any atom is 0.228 e. The number of hydrogen-bond donors (Lipinski definition) is 1. The van der Waals surface area contributed by atoms with E-state index in [0.717, 1.165) is 4.88 Å². The summed E-state index contributed by atoms with van der Waals surface area (Å²) in [5.41, 5.74) is -0.422. The van der Waals surface area contributed by atoms with Crippen LogP contribution in [0.5, 0.6) is 0 Å². The molecule has 0 radical (unpaired) electrons. The number of rotatable bonds is 2. The smallest absolute Gasteiger partial charge is 0.228 e. The Morgan fingerprint density at radius 1 is 1.69 bits per heavy atom. The monoisotopic (exact) mass is 239 g/mol. The van der Waals surface area contributed by atoms with Gasteiger partial charge in [-0.3, -0.25) is 4.79 Å². The number of carbonyl (C=O) groups excluding carboxylic acids is 1. The highest BCUT2D eigenvalue weighted by Crippen LogP contribution is 2.29. The molecule has 2 heterocycles. The summed E-state index contributed by atoms with van der Waals surface area (Å²) in [6.45, 7) is 4.52. The average molecular weight is 239 g/mol. The van der Waals surface area contributed by atoms with Crippen molar-refractivity contribution in [2.75, 3.05) is 6.54 Å². The minimum Gasteiger partial charge on any atom is -0.391 e. The zero-order valence-electron chi connectivity index (χ0n) is 9.64. The van der Waals surface area contributed by atoms with Crippen molar-refractivity contribution >= 4 is 17.2 Å². The van der Waals surface area contributed by atoms with Gasteiger partial charge < -0.3 is 10.0 Å². The third-order valence-electron chi connectivity index (χ3n) is 3.34. The first-order chi connectivity index (χ1) is 7.51. The van der Waals surface area contributed by atoms with Gasteiger partial charge in [0.1, 0.15) is 0 Å². The third kappa shape index (κ3) is 1.99. The lowest BCUT2D eigenvalue weighted by Gasteiger charge is -2.33. The summed E-state index contributed by atoms with van der Waals surface area (Å²) in [5.74, 6) is 0.115. The van der Waals surface area contributed by atoms with Gasteiger partial charge in [0, 0.05) is 11.4 Å². The molecular weight excluding hydrogens is 222 g/mol. The lowest BCUT2D eigenvalue weighted by atomic mass is 9.98. The van der Waals surface area contributed by atoms with E-state index >= 15 is 0 Å². The van der Waals surface area contributed by atoms with Gasteiger partial charge in [0.05, 0.1) is 18.1 Å². The molecule has 0 saturated carbocycles. The molecule has 1 N–H and O–H groups in total. The van der Waals surface area contributed by atoms with Crippen LogP contribution in [0.3, 0.4) is 0 Å². The predicted octanol–water partition coefficient (Wildman–Crippen LogP) is 1.66. The summed E-state index contributed by atoms with van der Waals surface area (Å²) in [6.07, 6.45) is 0.733. The Labute approximate surface area is 99.7 Å². The molecule has 2 rings (SSSR count). The lowest BCUT2D eigenvalue weighted by molar-refractivity contribution is -0.135. The van der Waals surface area contributed by atoms with Gasteiger partial charge in [0.2, 0.25) is 5.91 Å². The summed E-state index contributed by atoms with van der Waals surface area (Å²) in [5, 5.41) is 11.8. The fourth-order valence-corrected chi connectivity index (χ4v) is 2.87. The molecule has 1 aromatic heterocycles. The van der Waals surface area contributed by atoms with Gasteiger partial charge >= 0.3 is 0 Å². The van der Waals surface area contributed by atoms with Crippen LogP contribution in [0.15, 0.2) is 17.5 Å². The Kier molecular flexibility index (Phi) is 3.04. The number of thiophene rings is 1. The Morgan fingerprint density at radius 3 is 2.94 bits per heavy atom. The molecule has 1 aromatic rings. The van der Waals surface area contributed by atoms with E-state index in [2.05, 4.69) is 0 Å². The molecule has 0 spiro atoms. The van der Waals surface area contributed by atoms with Gasteiger partial charge in [-0.15, -0.1) is 11.3 Å². The minimum atomic E-state index is -0.422. The second-order valence-electron chi connectivity index (χ2n) is 4.76. The summed E-state index contributed by atoms with van der Waals surface area (Å²) >= 11 is 1.60. The minimum absolute atomic E-state index is 0.115. The van der Waals surface area contributed by atoms with Crippen molar-refractivity contribution in [2.24, 2.45) is 0 Å². The summed E-state index contributed by atoms with van der Waals surface area (Å²) < 4.78 is 0. The fourth-order valence-electron chi connectivity index (χ4n) is 2.18. The number of aliphatic hydroxyl groups excluding tert-OH is 1. The highest BCUT2D eigenvalue weighted by atomic mass is 32.1. The van der Waals surface area contributed by atoms with Crippen LogP contribution in [0.2, 0.25) is 0 Å². The number of nitrogens with zero attached hydrogens (tertiary/aromatic N) is 1. The van der Waals surface area contributed by atoms with E-state index in [0.29, 0.717) is 19.4 Å². The fraction of sp³-hybridized carbons (Fsp3) is 0.583. The first-order valence-electron chi connectivity index (χ1n) is 5.52. The zero-order chi connectivity index (χ0) is 11.8. The van der Waals surface area contributed by atoms with Crippen molar-refractivity contribution < 1.29 is 9.90 Å². The van der Waals surface area contributed by atoms with Crippen LogP contribution in [-0.2, 0) is 11.2 Å². The van der Waals surface area contributed by atoms with Crippen molar-refractivity contribution in [1.82, 2.24) is 4.90 Å².